The molecule has 3 nitrogen and oxygen atoms in total. The van der Waals surface area contributed by atoms with Gasteiger partial charge in [-0.2, -0.15) is 0 Å². The fourth-order valence-electron chi connectivity index (χ4n) is 1.78. The van der Waals surface area contributed by atoms with E-state index in [1.807, 2.05) is 0 Å². The van der Waals surface area contributed by atoms with Gasteiger partial charge in [-0.15, -0.1) is 0 Å². The van der Waals surface area contributed by atoms with Gasteiger partial charge >= 0.3 is 0 Å². The molecule has 0 spiro atoms. The normalized spacial score (nSPS) is 13.6. The standard InChI is InChI=1S/C16H27N3/c1-12(2)9-10-18-16(17)19-11-14(4)15-7-5-13(3)6-8-15/h5-8,12,14H,9-11H2,1-4H3,(H3,17,18,19). The first kappa shape index (κ1) is 15.5. The Morgan fingerprint density at radius 2 is 1.84 bits per heavy atom. The number of rotatable bonds is 6. The van der Waals surface area contributed by atoms with Gasteiger partial charge in [-0.05, 0) is 24.8 Å². The SMILES string of the molecule is Cc1ccc(C(C)CN=C(N)NCCC(C)C)cc1. The van der Waals surface area contributed by atoms with Gasteiger partial charge in [0.25, 0.3) is 0 Å². The quantitative estimate of drug-likeness (QED) is 0.611. The molecule has 0 heterocycles. The Bertz CT molecular complexity index is 393. The smallest absolute Gasteiger partial charge is 0.188 e. The summed E-state index contributed by atoms with van der Waals surface area (Å²) in [7, 11) is 0. The number of aliphatic imine (C=N–C) groups is 1. The van der Waals surface area contributed by atoms with Crippen molar-refractivity contribution >= 4 is 5.96 Å². The van der Waals surface area contributed by atoms with Crippen LogP contribution in [0.5, 0.6) is 0 Å². The highest BCUT2D eigenvalue weighted by Gasteiger charge is 2.04. The van der Waals surface area contributed by atoms with E-state index in [1.54, 1.807) is 0 Å². The third-order valence-corrected chi connectivity index (χ3v) is 3.21. The van der Waals surface area contributed by atoms with E-state index < -0.39 is 0 Å². The Labute approximate surface area is 117 Å². The zero-order valence-corrected chi connectivity index (χ0v) is 12.6. The minimum Gasteiger partial charge on any atom is -0.370 e. The average Bonchev–Trinajstić information content (AvgIpc) is 2.36. The molecular formula is C16H27N3. The fourth-order valence-corrected chi connectivity index (χ4v) is 1.78. The molecule has 0 aliphatic rings. The summed E-state index contributed by atoms with van der Waals surface area (Å²) in [6, 6.07) is 8.61. The minimum absolute atomic E-state index is 0.394. The van der Waals surface area contributed by atoms with Crippen molar-refractivity contribution in [2.75, 3.05) is 13.1 Å². The second kappa shape index (κ2) is 7.82. The van der Waals surface area contributed by atoms with Gasteiger partial charge in [0, 0.05) is 19.0 Å². The first-order valence-corrected chi connectivity index (χ1v) is 7.09. The van der Waals surface area contributed by atoms with Crippen molar-refractivity contribution in [1.29, 1.82) is 0 Å². The molecule has 1 unspecified atom stereocenters. The zero-order valence-electron chi connectivity index (χ0n) is 12.6. The van der Waals surface area contributed by atoms with E-state index in [1.165, 1.54) is 11.1 Å². The summed E-state index contributed by atoms with van der Waals surface area (Å²) in [5.41, 5.74) is 8.45. The van der Waals surface area contributed by atoms with Crippen LogP contribution in [0.15, 0.2) is 29.3 Å². The number of aryl methyl sites for hydroxylation is 1. The Kier molecular flexibility index (Phi) is 6.40. The largest absolute Gasteiger partial charge is 0.370 e. The molecule has 0 amide bonds. The Hall–Kier alpha value is -1.51. The van der Waals surface area contributed by atoms with Crippen molar-refractivity contribution in [2.45, 2.75) is 40.0 Å². The fraction of sp³-hybridized carbons (Fsp3) is 0.562. The topological polar surface area (TPSA) is 50.4 Å². The lowest BCUT2D eigenvalue weighted by Crippen LogP contribution is -2.33. The number of nitrogens with two attached hydrogens (primary N) is 1. The van der Waals surface area contributed by atoms with Gasteiger partial charge in [0.15, 0.2) is 5.96 Å². The van der Waals surface area contributed by atoms with E-state index in [2.05, 4.69) is 62.3 Å². The predicted octanol–water partition coefficient (Wildman–Crippen LogP) is 3.05. The third-order valence-electron chi connectivity index (χ3n) is 3.21. The molecule has 19 heavy (non-hydrogen) atoms. The Balaban J connectivity index is 2.39. The molecule has 0 saturated heterocycles. The van der Waals surface area contributed by atoms with Gasteiger partial charge in [0.2, 0.25) is 0 Å². The van der Waals surface area contributed by atoms with Crippen LogP contribution in [0.25, 0.3) is 0 Å². The van der Waals surface area contributed by atoms with Crippen molar-refractivity contribution in [3.63, 3.8) is 0 Å². The summed E-state index contributed by atoms with van der Waals surface area (Å²) < 4.78 is 0. The number of nitrogens with one attached hydrogen (secondary N) is 1. The van der Waals surface area contributed by atoms with Crippen LogP contribution in [0.4, 0.5) is 0 Å². The molecule has 106 valence electrons. The van der Waals surface area contributed by atoms with Crippen molar-refractivity contribution in [1.82, 2.24) is 5.32 Å². The molecule has 0 fully saturated rings. The second-order valence-electron chi connectivity index (χ2n) is 5.65. The highest BCUT2D eigenvalue weighted by Crippen LogP contribution is 2.15. The molecule has 0 aliphatic heterocycles. The van der Waals surface area contributed by atoms with Crippen LogP contribution in [0.2, 0.25) is 0 Å². The van der Waals surface area contributed by atoms with E-state index in [0.717, 1.165) is 19.5 Å². The molecule has 1 rings (SSSR count). The number of guanidine groups is 1. The lowest BCUT2D eigenvalue weighted by atomic mass is 10.0. The third kappa shape index (κ3) is 6.27. The molecule has 0 bridgehead atoms. The molecule has 1 aromatic carbocycles. The van der Waals surface area contributed by atoms with Crippen LogP contribution < -0.4 is 11.1 Å². The maximum absolute atomic E-state index is 5.85. The van der Waals surface area contributed by atoms with E-state index in [0.29, 0.717) is 17.8 Å². The van der Waals surface area contributed by atoms with Gasteiger partial charge in [-0.3, -0.25) is 4.99 Å². The highest BCUT2D eigenvalue weighted by molar-refractivity contribution is 5.77. The van der Waals surface area contributed by atoms with Crippen LogP contribution >= 0.6 is 0 Å². The first-order valence-electron chi connectivity index (χ1n) is 7.09. The van der Waals surface area contributed by atoms with E-state index in [-0.39, 0.29) is 0 Å². The number of benzene rings is 1. The summed E-state index contributed by atoms with van der Waals surface area (Å²) in [5, 5.41) is 3.16. The molecule has 3 heteroatoms. The van der Waals surface area contributed by atoms with Gasteiger partial charge in [-0.1, -0.05) is 50.6 Å². The predicted molar refractivity (Wildman–Crippen MR) is 83.5 cm³/mol. The Morgan fingerprint density at radius 1 is 1.21 bits per heavy atom. The van der Waals surface area contributed by atoms with Crippen LogP contribution in [-0.2, 0) is 0 Å². The zero-order chi connectivity index (χ0) is 14.3. The number of hydrogen-bond donors (Lipinski definition) is 2. The molecule has 1 atom stereocenters. The Morgan fingerprint density at radius 3 is 2.42 bits per heavy atom. The number of hydrogen-bond acceptors (Lipinski definition) is 1. The molecule has 0 aromatic heterocycles. The summed E-state index contributed by atoms with van der Waals surface area (Å²) in [4.78, 5) is 4.40. The van der Waals surface area contributed by atoms with Crippen LogP contribution in [-0.4, -0.2) is 19.0 Å². The first-order chi connectivity index (χ1) is 8.99. The van der Waals surface area contributed by atoms with Gasteiger partial charge in [0.05, 0.1) is 0 Å². The van der Waals surface area contributed by atoms with Crippen molar-refractivity contribution < 1.29 is 0 Å². The van der Waals surface area contributed by atoms with E-state index in [4.69, 9.17) is 5.73 Å². The minimum atomic E-state index is 0.394. The lowest BCUT2D eigenvalue weighted by Gasteiger charge is -2.11. The molecule has 0 saturated carbocycles. The highest BCUT2D eigenvalue weighted by atomic mass is 15.1. The second-order valence-corrected chi connectivity index (χ2v) is 5.65. The summed E-state index contributed by atoms with van der Waals surface area (Å²) in [5.74, 6) is 1.64. The molecular weight excluding hydrogens is 234 g/mol. The maximum Gasteiger partial charge on any atom is 0.188 e. The molecule has 3 N–H and O–H groups in total. The van der Waals surface area contributed by atoms with E-state index >= 15 is 0 Å². The number of nitrogens with zero attached hydrogens (tertiary/aromatic N) is 1. The van der Waals surface area contributed by atoms with Gasteiger partial charge in [-0.25, -0.2) is 0 Å². The summed E-state index contributed by atoms with van der Waals surface area (Å²) >= 11 is 0. The van der Waals surface area contributed by atoms with Crippen molar-refractivity contribution in [3.8, 4) is 0 Å². The van der Waals surface area contributed by atoms with Crippen molar-refractivity contribution in [3.05, 3.63) is 35.4 Å². The lowest BCUT2D eigenvalue weighted by molar-refractivity contribution is 0.576. The summed E-state index contributed by atoms with van der Waals surface area (Å²) in [6.07, 6.45) is 1.11. The van der Waals surface area contributed by atoms with Crippen LogP contribution in [0.1, 0.15) is 44.2 Å². The van der Waals surface area contributed by atoms with Crippen molar-refractivity contribution in [2.24, 2.45) is 16.6 Å². The van der Waals surface area contributed by atoms with Crippen LogP contribution in [0, 0.1) is 12.8 Å². The van der Waals surface area contributed by atoms with E-state index in [9.17, 15) is 0 Å². The molecule has 0 aliphatic carbocycles. The summed E-state index contributed by atoms with van der Waals surface area (Å²) in [6.45, 7) is 10.3. The van der Waals surface area contributed by atoms with Gasteiger partial charge in [0.1, 0.15) is 0 Å². The maximum atomic E-state index is 5.85. The van der Waals surface area contributed by atoms with Gasteiger partial charge < -0.3 is 11.1 Å². The van der Waals surface area contributed by atoms with Crippen LogP contribution in [0.3, 0.4) is 0 Å². The molecule has 1 aromatic rings. The molecule has 0 radical (unpaired) electrons. The average molecular weight is 261 g/mol. The monoisotopic (exact) mass is 261 g/mol.